The highest BCUT2D eigenvalue weighted by atomic mass is 32.2. The third-order valence-corrected chi connectivity index (χ3v) is 7.32. The number of rotatable bonds is 5. The van der Waals surface area contributed by atoms with E-state index in [0.29, 0.717) is 59.1 Å². The Labute approximate surface area is 212 Å². The van der Waals surface area contributed by atoms with E-state index < -0.39 is 0 Å². The third kappa shape index (κ3) is 4.69. The van der Waals surface area contributed by atoms with E-state index in [2.05, 4.69) is 0 Å². The molecule has 0 spiro atoms. The standard InChI is InChI=1S/C25H24N4O4S2/c1-16-3-8-21-26-22(27-9-11-33-12-10-27)19(23(30)28(21)14-16)13-20-24(31)29(25(34)35-20)15-17-4-6-18(32-2)7-5-17/h3-8,13-14H,9-12,15H2,1-2H3/b20-13+. The summed E-state index contributed by atoms with van der Waals surface area (Å²) in [6.45, 7) is 4.61. The number of carbonyl (C=O) groups is 1. The molecule has 0 unspecified atom stereocenters. The lowest BCUT2D eigenvalue weighted by atomic mass is 10.2. The number of methoxy groups -OCH3 is 1. The quantitative estimate of drug-likeness (QED) is 0.384. The van der Waals surface area contributed by atoms with E-state index >= 15 is 0 Å². The number of nitrogens with zero attached hydrogens (tertiary/aromatic N) is 4. The fourth-order valence-corrected chi connectivity index (χ4v) is 5.31. The van der Waals surface area contributed by atoms with Crippen LogP contribution >= 0.6 is 24.0 Å². The van der Waals surface area contributed by atoms with Gasteiger partial charge in [-0.15, -0.1) is 0 Å². The van der Waals surface area contributed by atoms with Gasteiger partial charge in [-0.05, 0) is 42.3 Å². The Bertz CT molecular complexity index is 1400. The average molecular weight is 509 g/mol. The van der Waals surface area contributed by atoms with Gasteiger partial charge in [0.2, 0.25) is 0 Å². The normalized spacial score (nSPS) is 17.6. The maximum absolute atomic E-state index is 13.6. The molecule has 2 aromatic heterocycles. The van der Waals surface area contributed by atoms with Crippen LogP contribution < -0.4 is 15.2 Å². The van der Waals surface area contributed by atoms with Gasteiger partial charge >= 0.3 is 0 Å². The van der Waals surface area contributed by atoms with Gasteiger partial charge in [0.05, 0.1) is 37.3 Å². The van der Waals surface area contributed by atoms with Gasteiger partial charge < -0.3 is 14.4 Å². The van der Waals surface area contributed by atoms with E-state index in [1.165, 1.54) is 16.2 Å². The Kier molecular flexibility index (Phi) is 6.59. The van der Waals surface area contributed by atoms with Crippen LogP contribution in [0.2, 0.25) is 0 Å². The van der Waals surface area contributed by atoms with Crippen LogP contribution in [0.1, 0.15) is 16.7 Å². The number of amides is 1. The number of anilines is 1. The van der Waals surface area contributed by atoms with Crippen molar-refractivity contribution in [1.82, 2.24) is 14.3 Å². The predicted molar refractivity (Wildman–Crippen MR) is 141 cm³/mol. The smallest absolute Gasteiger partial charge is 0.267 e. The van der Waals surface area contributed by atoms with Crippen molar-refractivity contribution in [2.24, 2.45) is 0 Å². The van der Waals surface area contributed by atoms with E-state index in [1.807, 2.05) is 48.2 Å². The maximum Gasteiger partial charge on any atom is 0.267 e. The minimum absolute atomic E-state index is 0.222. The Morgan fingerprint density at radius 1 is 1.14 bits per heavy atom. The molecule has 4 heterocycles. The van der Waals surface area contributed by atoms with E-state index in [1.54, 1.807) is 24.3 Å². The number of thioether (sulfide) groups is 1. The summed E-state index contributed by atoms with van der Waals surface area (Å²) in [5.74, 6) is 1.08. The number of fused-ring (bicyclic) bond motifs is 1. The molecule has 2 saturated heterocycles. The summed E-state index contributed by atoms with van der Waals surface area (Å²) in [5, 5.41) is 0. The van der Waals surface area contributed by atoms with Gasteiger partial charge in [0.15, 0.2) is 0 Å². The minimum atomic E-state index is -0.225. The fraction of sp³-hybridized carbons (Fsp3) is 0.280. The molecule has 1 aromatic carbocycles. The first-order valence-electron chi connectivity index (χ1n) is 11.2. The Morgan fingerprint density at radius 3 is 2.60 bits per heavy atom. The first-order valence-corrected chi connectivity index (χ1v) is 12.4. The van der Waals surface area contributed by atoms with Gasteiger partial charge in [-0.25, -0.2) is 4.98 Å². The zero-order chi connectivity index (χ0) is 24.5. The molecule has 5 rings (SSSR count). The molecule has 2 aliphatic rings. The van der Waals surface area contributed by atoms with Crippen LogP contribution in [0.15, 0.2) is 52.3 Å². The lowest BCUT2D eigenvalue weighted by Gasteiger charge is -2.29. The second-order valence-electron chi connectivity index (χ2n) is 8.30. The lowest BCUT2D eigenvalue weighted by molar-refractivity contribution is -0.122. The molecule has 180 valence electrons. The lowest BCUT2D eigenvalue weighted by Crippen LogP contribution is -2.38. The first-order chi connectivity index (χ1) is 16.9. The molecule has 8 nitrogen and oxygen atoms in total. The van der Waals surface area contributed by atoms with Crippen LogP contribution in [-0.2, 0) is 16.1 Å². The molecule has 0 bridgehead atoms. The molecule has 2 fully saturated rings. The van der Waals surface area contributed by atoms with Crippen LogP contribution in [0.3, 0.4) is 0 Å². The number of benzene rings is 1. The summed E-state index contributed by atoms with van der Waals surface area (Å²) < 4.78 is 12.7. The average Bonchev–Trinajstić information content (AvgIpc) is 3.14. The third-order valence-electron chi connectivity index (χ3n) is 5.94. The summed E-state index contributed by atoms with van der Waals surface area (Å²) >= 11 is 6.72. The Hall–Kier alpha value is -3.21. The largest absolute Gasteiger partial charge is 0.497 e. The maximum atomic E-state index is 13.6. The first kappa shape index (κ1) is 23.5. The van der Waals surface area contributed by atoms with Gasteiger partial charge in [-0.2, -0.15) is 0 Å². The zero-order valence-electron chi connectivity index (χ0n) is 19.4. The number of pyridine rings is 1. The molecule has 0 atom stereocenters. The predicted octanol–water partition coefficient (Wildman–Crippen LogP) is 3.25. The van der Waals surface area contributed by atoms with Crippen molar-refractivity contribution in [2.45, 2.75) is 13.5 Å². The van der Waals surface area contributed by atoms with Crippen LogP contribution in [0.5, 0.6) is 5.75 Å². The second-order valence-corrected chi connectivity index (χ2v) is 9.98. The molecular weight excluding hydrogens is 484 g/mol. The minimum Gasteiger partial charge on any atom is -0.497 e. The number of aryl methyl sites for hydroxylation is 1. The molecule has 0 aliphatic carbocycles. The monoisotopic (exact) mass is 508 g/mol. The molecule has 0 saturated carbocycles. The number of aromatic nitrogens is 2. The fourth-order valence-electron chi connectivity index (χ4n) is 4.07. The highest BCUT2D eigenvalue weighted by Gasteiger charge is 2.33. The number of thiocarbonyl (C=S) groups is 1. The molecule has 2 aliphatic heterocycles. The molecule has 0 N–H and O–H groups in total. The van der Waals surface area contributed by atoms with Crippen LogP contribution in [0.25, 0.3) is 11.7 Å². The van der Waals surface area contributed by atoms with Crippen molar-refractivity contribution < 1.29 is 14.3 Å². The van der Waals surface area contributed by atoms with Crippen molar-refractivity contribution >= 4 is 51.7 Å². The van der Waals surface area contributed by atoms with Crippen molar-refractivity contribution in [3.05, 3.63) is 74.5 Å². The highest BCUT2D eigenvalue weighted by Crippen LogP contribution is 2.34. The Morgan fingerprint density at radius 2 is 1.89 bits per heavy atom. The number of carbonyl (C=O) groups excluding carboxylic acids is 1. The van der Waals surface area contributed by atoms with E-state index in [9.17, 15) is 9.59 Å². The Balaban J connectivity index is 1.53. The van der Waals surface area contributed by atoms with Crippen LogP contribution in [0.4, 0.5) is 5.82 Å². The summed E-state index contributed by atoms with van der Waals surface area (Å²) in [4.78, 5) is 35.7. The SMILES string of the molecule is COc1ccc(CN2C(=O)/C(=C\c3c(N4CCOCC4)nc4ccc(C)cn4c3=O)SC2=S)cc1. The second kappa shape index (κ2) is 9.80. The van der Waals surface area contributed by atoms with Gasteiger partial charge in [0.25, 0.3) is 11.5 Å². The number of morpholine rings is 1. The van der Waals surface area contributed by atoms with Gasteiger partial charge in [-0.3, -0.25) is 18.9 Å². The van der Waals surface area contributed by atoms with Crippen LogP contribution in [0, 0.1) is 6.92 Å². The number of ether oxygens (including phenoxy) is 2. The van der Waals surface area contributed by atoms with Crippen molar-refractivity contribution in [3.8, 4) is 5.75 Å². The molecule has 0 radical (unpaired) electrons. The van der Waals surface area contributed by atoms with Crippen molar-refractivity contribution in [1.29, 1.82) is 0 Å². The molecule has 10 heteroatoms. The van der Waals surface area contributed by atoms with Gasteiger partial charge in [0.1, 0.15) is 21.5 Å². The summed E-state index contributed by atoms with van der Waals surface area (Å²) in [5.41, 5.74) is 2.59. The molecule has 35 heavy (non-hydrogen) atoms. The van der Waals surface area contributed by atoms with E-state index in [0.717, 1.165) is 16.9 Å². The van der Waals surface area contributed by atoms with Gasteiger partial charge in [0, 0.05) is 19.3 Å². The summed E-state index contributed by atoms with van der Waals surface area (Å²) in [6.07, 6.45) is 3.40. The summed E-state index contributed by atoms with van der Waals surface area (Å²) in [7, 11) is 1.61. The van der Waals surface area contributed by atoms with E-state index in [-0.39, 0.29) is 11.5 Å². The van der Waals surface area contributed by atoms with Gasteiger partial charge in [-0.1, -0.05) is 42.2 Å². The van der Waals surface area contributed by atoms with Crippen molar-refractivity contribution in [3.63, 3.8) is 0 Å². The van der Waals surface area contributed by atoms with E-state index in [4.69, 9.17) is 26.7 Å². The molecule has 1 amide bonds. The molecule has 3 aromatic rings. The number of hydrogen-bond acceptors (Lipinski definition) is 8. The van der Waals surface area contributed by atoms with Crippen molar-refractivity contribution in [2.75, 3.05) is 38.3 Å². The number of hydrogen-bond donors (Lipinski definition) is 0. The van der Waals surface area contributed by atoms with Crippen LogP contribution in [-0.4, -0.2) is 57.9 Å². The highest BCUT2D eigenvalue weighted by molar-refractivity contribution is 8.26. The topological polar surface area (TPSA) is 76.4 Å². The summed E-state index contributed by atoms with van der Waals surface area (Å²) in [6, 6.07) is 11.3. The molecular formula is C25H24N4O4S2. The zero-order valence-corrected chi connectivity index (χ0v) is 21.0.